The Morgan fingerprint density at radius 1 is 1.36 bits per heavy atom. The van der Waals surface area contributed by atoms with Crippen LogP contribution in [0.5, 0.6) is 0 Å². The molecule has 0 spiro atoms. The molecule has 0 radical (unpaired) electrons. The van der Waals surface area contributed by atoms with Gasteiger partial charge in [-0.25, -0.2) is 13.9 Å². The van der Waals surface area contributed by atoms with E-state index in [0.29, 0.717) is 11.2 Å². The SMILES string of the molecule is Cc1cc(C)n2ncc(C(=O)N[C@H]3CCSc4ccc(F)cc43)c2n1. The lowest BCUT2D eigenvalue weighted by atomic mass is 10.0. The van der Waals surface area contributed by atoms with Crippen LogP contribution in [0.3, 0.4) is 0 Å². The molecule has 7 heteroatoms. The maximum absolute atomic E-state index is 13.6. The molecule has 0 fully saturated rings. The largest absolute Gasteiger partial charge is 0.345 e. The number of thioether (sulfide) groups is 1. The van der Waals surface area contributed by atoms with Gasteiger partial charge in [-0.15, -0.1) is 11.8 Å². The molecule has 1 amide bonds. The fraction of sp³-hybridized carbons (Fsp3) is 0.278. The van der Waals surface area contributed by atoms with Gasteiger partial charge in [-0.1, -0.05) is 0 Å². The quantitative estimate of drug-likeness (QED) is 0.764. The Hall–Kier alpha value is -2.41. The molecule has 1 aliphatic heterocycles. The van der Waals surface area contributed by atoms with E-state index in [1.807, 2.05) is 19.9 Å². The summed E-state index contributed by atoms with van der Waals surface area (Å²) in [4.78, 5) is 18.3. The van der Waals surface area contributed by atoms with Gasteiger partial charge in [-0.05, 0) is 50.1 Å². The number of fused-ring (bicyclic) bond motifs is 2. The normalized spacial score (nSPS) is 16.7. The van der Waals surface area contributed by atoms with Crippen LogP contribution in [0.15, 0.2) is 35.4 Å². The first kappa shape index (κ1) is 16.1. The van der Waals surface area contributed by atoms with Gasteiger partial charge < -0.3 is 5.32 Å². The molecule has 0 bridgehead atoms. The van der Waals surface area contributed by atoms with Crippen molar-refractivity contribution in [2.24, 2.45) is 0 Å². The molecule has 0 unspecified atom stereocenters. The van der Waals surface area contributed by atoms with E-state index in [1.165, 1.54) is 18.3 Å². The van der Waals surface area contributed by atoms with Gasteiger partial charge in [0.1, 0.15) is 11.4 Å². The number of rotatable bonds is 2. The van der Waals surface area contributed by atoms with Gasteiger partial charge in [0.05, 0.1) is 12.2 Å². The number of aryl methyl sites for hydroxylation is 2. The van der Waals surface area contributed by atoms with E-state index in [9.17, 15) is 9.18 Å². The number of carbonyl (C=O) groups excluding carboxylic acids is 1. The Morgan fingerprint density at radius 3 is 3.04 bits per heavy atom. The van der Waals surface area contributed by atoms with Crippen LogP contribution in [-0.2, 0) is 0 Å². The third-order valence-electron chi connectivity index (χ3n) is 4.34. The Labute approximate surface area is 148 Å². The van der Waals surface area contributed by atoms with Crippen molar-refractivity contribution in [1.29, 1.82) is 0 Å². The summed E-state index contributed by atoms with van der Waals surface area (Å²) in [5.74, 6) is 0.360. The van der Waals surface area contributed by atoms with E-state index in [2.05, 4.69) is 15.4 Å². The minimum absolute atomic E-state index is 0.208. The van der Waals surface area contributed by atoms with E-state index in [4.69, 9.17) is 0 Å². The standard InChI is InChI=1S/C18H17FN4OS/c1-10-7-11(2)23-17(21-10)14(9-20-23)18(24)22-15-5-6-25-16-4-3-12(19)8-13(15)16/h3-4,7-9,15H,5-6H2,1-2H3,(H,22,24)/t15-/m0/s1. The van der Waals surface area contributed by atoms with Gasteiger partial charge in [0.25, 0.3) is 5.91 Å². The highest BCUT2D eigenvalue weighted by Crippen LogP contribution is 2.36. The van der Waals surface area contributed by atoms with Gasteiger partial charge in [-0.3, -0.25) is 4.79 Å². The topological polar surface area (TPSA) is 59.3 Å². The zero-order valence-corrected chi connectivity index (χ0v) is 14.7. The number of hydrogen-bond donors (Lipinski definition) is 1. The Kier molecular flexibility index (Phi) is 3.95. The van der Waals surface area contributed by atoms with E-state index < -0.39 is 0 Å². The molecule has 3 heterocycles. The third kappa shape index (κ3) is 2.89. The molecule has 1 aliphatic rings. The minimum atomic E-state index is -0.288. The highest BCUT2D eigenvalue weighted by molar-refractivity contribution is 7.99. The molecule has 4 rings (SSSR count). The smallest absolute Gasteiger partial charge is 0.257 e. The molecule has 1 aromatic carbocycles. The average Bonchev–Trinajstić information content (AvgIpc) is 2.99. The fourth-order valence-electron chi connectivity index (χ4n) is 3.18. The van der Waals surface area contributed by atoms with Crippen molar-refractivity contribution in [3.8, 4) is 0 Å². The van der Waals surface area contributed by atoms with Gasteiger partial charge in [-0.2, -0.15) is 5.10 Å². The molecule has 0 saturated carbocycles. The summed E-state index contributed by atoms with van der Waals surface area (Å²) in [6, 6.07) is 6.45. The Morgan fingerprint density at radius 2 is 2.20 bits per heavy atom. The van der Waals surface area contributed by atoms with Crippen molar-refractivity contribution in [3.05, 3.63) is 58.8 Å². The zero-order chi connectivity index (χ0) is 17.6. The molecular weight excluding hydrogens is 339 g/mol. The highest BCUT2D eigenvalue weighted by Gasteiger charge is 2.25. The number of aromatic nitrogens is 3. The fourth-order valence-corrected chi connectivity index (χ4v) is 4.29. The molecule has 1 atom stereocenters. The first-order chi connectivity index (χ1) is 12.0. The first-order valence-electron chi connectivity index (χ1n) is 8.08. The maximum Gasteiger partial charge on any atom is 0.257 e. The van der Waals surface area contributed by atoms with Crippen LogP contribution >= 0.6 is 11.8 Å². The van der Waals surface area contributed by atoms with Crippen LogP contribution in [0, 0.1) is 19.7 Å². The summed E-state index contributed by atoms with van der Waals surface area (Å²) in [6.45, 7) is 3.81. The molecule has 0 aliphatic carbocycles. The molecule has 25 heavy (non-hydrogen) atoms. The summed E-state index contributed by atoms with van der Waals surface area (Å²) in [7, 11) is 0. The molecule has 5 nitrogen and oxygen atoms in total. The van der Waals surface area contributed by atoms with Crippen LogP contribution in [0.25, 0.3) is 5.65 Å². The third-order valence-corrected chi connectivity index (χ3v) is 5.46. The second kappa shape index (κ2) is 6.15. The van der Waals surface area contributed by atoms with E-state index >= 15 is 0 Å². The van der Waals surface area contributed by atoms with E-state index in [0.717, 1.165) is 34.0 Å². The number of nitrogens with zero attached hydrogens (tertiary/aromatic N) is 3. The monoisotopic (exact) mass is 356 g/mol. The van der Waals surface area contributed by atoms with Gasteiger partial charge in [0.2, 0.25) is 0 Å². The predicted octanol–water partition coefficient (Wildman–Crippen LogP) is 3.45. The summed E-state index contributed by atoms with van der Waals surface area (Å²) >= 11 is 1.69. The lowest BCUT2D eigenvalue weighted by Gasteiger charge is -2.25. The van der Waals surface area contributed by atoms with Gasteiger partial charge >= 0.3 is 0 Å². The molecule has 3 aromatic rings. The van der Waals surface area contributed by atoms with Crippen LogP contribution < -0.4 is 5.32 Å². The second-order valence-electron chi connectivity index (χ2n) is 6.18. The molecule has 128 valence electrons. The summed E-state index contributed by atoms with van der Waals surface area (Å²) < 4.78 is 15.3. The summed E-state index contributed by atoms with van der Waals surface area (Å²) in [5.41, 5.74) is 3.56. The summed E-state index contributed by atoms with van der Waals surface area (Å²) in [6.07, 6.45) is 2.30. The molecule has 2 aromatic heterocycles. The molecule has 1 N–H and O–H groups in total. The van der Waals surface area contributed by atoms with Crippen molar-refractivity contribution in [2.75, 3.05) is 5.75 Å². The van der Waals surface area contributed by atoms with E-state index in [-0.39, 0.29) is 17.8 Å². The van der Waals surface area contributed by atoms with Crippen molar-refractivity contribution in [1.82, 2.24) is 19.9 Å². The highest BCUT2D eigenvalue weighted by atomic mass is 32.2. The average molecular weight is 356 g/mol. The number of benzene rings is 1. The zero-order valence-electron chi connectivity index (χ0n) is 13.9. The first-order valence-corrected chi connectivity index (χ1v) is 9.06. The predicted molar refractivity (Wildman–Crippen MR) is 94.4 cm³/mol. The van der Waals surface area contributed by atoms with Crippen molar-refractivity contribution in [2.45, 2.75) is 31.2 Å². The van der Waals surface area contributed by atoms with Crippen LogP contribution in [-0.4, -0.2) is 26.3 Å². The van der Waals surface area contributed by atoms with Crippen LogP contribution in [0.2, 0.25) is 0 Å². The van der Waals surface area contributed by atoms with Gasteiger partial charge in [0, 0.05) is 22.0 Å². The Bertz CT molecular complexity index is 985. The molecular formula is C18H17FN4OS. The maximum atomic E-state index is 13.6. The van der Waals surface area contributed by atoms with Crippen molar-refractivity contribution >= 4 is 23.3 Å². The van der Waals surface area contributed by atoms with E-state index in [1.54, 1.807) is 22.3 Å². The lowest BCUT2D eigenvalue weighted by Crippen LogP contribution is -2.30. The number of hydrogen-bond acceptors (Lipinski definition) is 4. The van der Waals surface area contributed by atoms with Crippen LogP contribution in [0.1, 0.15) is 39.8 Å². The van der Waals surface area contributed by atoms with Crippen LogP contribution in [0.4, 0.5) is 4.39 Å². The van der Waals surface area contributed by atoms with Gasteiger partial charge in [0.15, 0.2) is 5.65 Å². The number of halogens is 1. The number of carbonyl (C=O) groups is 1. The van der Waals surface area contributed by atoms with Crippen molar-refractivity contribution in [3.63, 3.8) is 0 Å². The second-order valence-corrected chi connectivity index (χ2v) is 7.31. The lowest BCUT2D eigenvalue weighted by molar-refractivity contribution is 0.0936. The van der Waals surface area contributed by atoms with Crippen molar-refractivity contribution < 1.29 is 9.18 Å². The summed E-state index contributed by atoms with van der Waals surface area (Å²) in [5, 5.41) is 7.28. The molecule has 0 saturated heterocycles. The number of amides is 1. The Balaban J connectivity index is 1.67. The minimum Gasteiger partial charge on any atom is -0.345 e. The number of nitrogens with one attached hydrogen (secondary N) is 1.